The second-order valence-corrected chi connectivity index (χ2v) is 4.53. The van der Waals surface area contributed by atoms with Gasteiger partial charge >= 0.3 is 0 Å². The Morgan fingerprint density at radius 1 is 1.17 bits per heavy atom. The van der Waals surface area contributed by atoms with Gasteiger partial charge in [-0.3, -0.25) is 9.59 Å². The van der Waals surface area contributed by atoms with Gasteiger partial charge in [0.25, 0.3) is 5.91 Å². The number of rotatable bonds is 5. The summed E-state index contributed by atoms with van der Waals surface area (Å²) in [7, 11) is 1.57. The lowest BCUT2D eigenvalue weighted by atomic mass is 10.0. The van der Waals surface area contributed by atoms with E-state index in [0.717, 1.165) is 0 Å². The zero-order valence-electron chi connectivity index (χ0n) is 11.2. The first-order valence-corrected chi connectivity index (χ1v) is 5.91. The number of carbonyl (C=O) groups is 2. The molecule has 0 heterocycles. The van der Waals surface area contributed by atoms with Crippen LogP contribution in [0.2, 0.25) is 0 Å². The Balaban J connectivity index is 2.77. The predicted octanol–water partition coefficient (Wildman–Crippen LogP) is 2.04. The molecule has 1 aromatic rings. The molecule has 0 bridgehead atoms. The summed E-state index contributed by atoms with van der Waals surface area (Å²) >= 11 is 0. The monoisotopic (exact) mass is 249 g/mol. The van der Waals surface area contributed by atoms with E-state index in [1.807, 2.05) is 13.8 Å². The first kappa shape index (κ1) is 14.2. The fourth-order valence-corrected chi connectivity index (χ4v) is 1.70. The minimum absolute atomic E-state index is 0.0353. The second-order valence-electron chi connectivity index (χ2n) is 4.53. The van der Waals surface area contributed by atoms with Crippen molar-refractivity contribution in [1.29, 1.82) is 0 Å². The van der Waals surface area contributed by atoms with Crippen LogP contribution in [0.4, 0.5) is 0 Å². The Morgan fingerprint density at radius 3 is 2.11 bits per heavy atom. The number of benzene rings is 1. The predicted molar refractivity (Wildman–Crippen MR) is 69.8 cm³/mol. The molecule has 0 saturated heterocycles. The first-order valence-electron chi connectivity index (χ1n) is 5.91. The van der Waals surface area contributed by atoms with Crippen molar-refractivity contribution in [3.05, 3.63) is 29.8 Å². The number of nitrogens with one attached hydrogen (secondary N) is 1. The highest BCUT2D eigenvalue weighted by atomic mass is 16.5. The lowest BCUT2D eigenvalue weighted by Crippen LogP contribution is -2.43. The third-order valence-corrected chi connectivity index (χ3v) is 2.74. The standard InChI is InChI=1S/C14H19NO3/c1-9(2)13(10(3)16)15-14(17)11-5-7-12(18-4)8-6-11/h5-9,13H,1-4H3,(H,15,17). The number of Topliss-reactive ketones (excluding diaryl/α,β-unsaturated/α-hetero) is 1. The number of carbonyl (C=O) groups excluding carboxylic acids is 2. The van der Waals surface area contributed by atoms with Crippen LogP contribution in [0.5, 0.6) is 5.75 Å². The van der Waals surface area contributed by atoms with Gasteiger partial charge in [0.15, 0.2) is 5.78 Å². The summed E-state index contributed by atoms with van der Waals surface area (Å²) < 4.78 is 5.02. The highest BCUT2D eigenvalue weighted by Crippen LogP contribution is 2.12. The highest BCUT2D eigenvalue weighted by Gasteiger charge is 2.21. The van der Waals surface area contributed by atoms with Gasteiger partial charge in [-0.15, -0.1) is 0 Å². The largest absolute Gasteiger partial charge is 0.497 e. The smallest absolute Gasteiger partial charge is 0.251 e. The van der Waals surface area contributed by atoms with Crippen LogP contribution in [-0.2, 0) is 4.79 Å². The molecule has 4 heteroatoms. The summed E-state index contributed by atoms with van der Waals surface area (Å²) in [5, 5.41) is 2.74. The van der Waals surface area contributed by atoms with Gasteiger partial charge in [-0.25, -0.2) is 0 Å². The van der Waals surface area contributed by atoms with E-state index in [1.54, 1.807) is 31.4 Å². The average Bonchev–Trinajstić information content (AvgIpc) is 2.35. The van der Waals surface area contributed by atoms with Crippen LogP contribution in [0, 0.1) is 5.92 Å². The summed E-state index contributed by atoms with van der Waals surface area (Å²) in [6.45, 7) is 5.29. The van der Waals surface area contributed by atoms with E-state index in [4.69, 9.17) is 4.74 Å². The van der Waals surface area contributed by atoms with Crippen molar-refractivity contribution in [2.24, 2.45) is 5.92 Å². The van der Waals surface area contributed by atoms with Gasteiger partial charge in [-0.05, 0) is 37.1 Å². The van der Waals surface area contributed by atoms with Crippen LogP contribution in [0.25, 0.3) is 0 Å². The number of ether oxygens (including phenoxy) is 1. The van der Waals surface area contributed by atoms with Crippen LogP contribution in [0.1, 0.15) is 31.1 Å². The van der Waals surface area contributed by atoms with Gasteiger partial charge in [0.1, 0.15) is 5.75 Å². The molecule has 1 unspecified atom stereocenters. The van der Waals surface area contributed by atoms with E-state index in [9.17, 15) is 9.59 Å². The van der Waals surface area contributed by atoms with E-state index in [-0.39, 0.29) is 17.6 Å². The molecule has 0 aliphatic heterocycles. The molecular weight excluding hydrogens is 230 g/mol. The zero-order valence-corrected chi connectivity index (χ0v) is 11.2. The van der Waals surface area contributed by atoms with Gasteiger partial charge in [0.2, 0.25) is 0 Å². The van der Waals surface area contributed by atoms with Crippen LogP contribution in [-0.4, -0.2) is 24.8 Å². The number of hydrogen-bond acceptors (Lipinski definition) is 3. The summed E-state index contributed by atoms with van der Waals surface area (Å²) in [5.74, 6) is 0.488. The minimum atomic E-state index is -0.445. The Labute approximate surface area is 107 Å². The Morgan fingerprint density at radius 2 is 1.72 bits per heavy atom. The fourth-order valence-electron chi connectivity index (χ4n) is 1.70. The number of methoxy groups -OCH3 is 1. The molecular formula is C14H19NO3. The van der Waals surface area contributed by atoms with Crippen molar-refractivity contribution >= 4 is 11.7 Å². The van der Waals surface area contributed by atoms with Gasteiger partial charge < -0.3 is 10.1 Å². The average molecular weight is 249 g/mol. The molecule has 98 valence electrons. The maximum absolute atomic E-state index is 12.0. The van der Waals surface area contributed by atoms with Gasteiger partial charge in [-0.2, -0.15) is 0 Å². The number of hydrogen-bond donors (Lipinski definition) is 1. The van der Waals surface area contributed by atoms with E-state index < -0.39 is 6.04 Å². The van der Waals surface area contributed by atoms with Crippen molar-refractivity contribution in [2.45, 2.75) is 26.8 Å². The zero-order chi connectivity index (χ0) is 13.7. The van der Waals surface area contributed by atoms with Crippen molar-refractivity contribution in [2.75, 3.05) is 7.11 Å². The van der Waals surface area contributed by atoms with Crippen LogP contribution >= 0.6 is 0 Å². The molecule has 1 rings (SSSR count). The molecule has 0 aliphatic carbocycles. The normalized spacial score (nSPS) is 12.1. The van der Waals surface area contributed by atoms with E-state index in [1.165, 1.54) is 6.92 Å². The molecule has 1 aromatic carbocycles. The van der Waals surface area contributed by atoms with Crippen LogP contribution in [0.3, 0.4) is 0 Å². The number of amides is 1. The maximum atomic E-state index is 12.0. The summed E-state index contributed by atoms with van der Waals surface area (Å²) in [4.78, 5) is 23.4. The molecule has 0 saturated carbocycles. The van der Waals surface area contributed by atoms with Gasteiger partial charge in [0.05, 0.1) is 13.2 Å². The van der Waals surface area contributed by atoms with Crippen LogP contribution in [0.15, 0.2) is 24.3 Å². The van der Waals surface area contributed by atoms with Crippen molar-refractivity contribution in [3.63, 3.8) is 0 Å². The van der Waals surface area contributed by atoms with Crippen molar-refractivity contribution in [3.8, 4) is 5.75 Å². The molecule has 0 aromatic heterocycles. The third kappa shape index (κ3) is 3.58. The summed E-state index contributed by atoms with van der Waals surface area (Å²) in [6.07, 6.45) is 0. The topological polar surface area (TPSA) is 55.4 Å². The first-order chi connectivity index (χ1) is 8.45. The van der Waals surface area contributed by atoms with E-state index in [0.29, 0.717) is 11.3 Å². The van der Waals surface area contributed by atoms with Crippen molar-refractivity contribution in [1.82, 2.24) is 5.32 Å². The minimum Gasteiger partial charge on any atom is -0.497 e. The highest BCUT2D eigenvalue weighted by molar-refractivity contribution is 5.97. The Kier molecular flexibility index (Phi) is 4.89. The molecule has 4 nitrogen and oxygen atoms in total. The van der Waals surface area contributed by atoms with E-state index in [2.05, 4.69) is 5.32 Å². The van der Waals surface area contributed by atoms with Crippen LogP contribution < -0.4 is 10.1 Å². The molecule has 1 N–H and O–H groups in total. The molecule has 18 heavy (non-hydrogen) atoms. The molecule has 1 atom stereocenters. The van der Waals surface area contributed by atoms with Gasteiger partial charge in [-0.1, -0.05) is 13.8 Å². The lowest BCUT2D eigenvalue weighted by Gasteiger charge is -2.19. The fraction of sp³-hybridized carbons (Fsp3) is 0.429. The molecule has 0 spiro atoms. The Bertz CT molecular complexity index is 423. The lowest BCUT2D eigenvalue weighted by molar-refractivity contribution is -0.119. The second kappa shape index (κ2) is 6.19. The molecule has 0 aliphatic rings. The summed E-state index contributed by atoms with van der Waals surface area (Å²) in [6, 6.07) is 6.33. The van der Waals surface area contributed by atoms with E-state index >= 15 is 0 Å². The van der Waals surface area contributed by atoms with Gasteiger partial charge in [0, 0.05) is 5.56 Å². The quantitative estimate of drug-likeness (QED) is 0.868. The SMILES string of the molecule is COc1ccc(C(=O)NC(C(C)=O)C(C)C)cc1. The molecule has 0 radical (unpaired) electrons. The number of ketones is 1. The third-order valence-electron chi connectivity index (χ3n) is 2.74. The molecule has 0 fully saturated rings. The maximum Gasteiger partial charge on any atom is 0.251 e. The summed E-state index contributed by atoms with van der Waals surface area (Å²) in [5.41, 5.74) is 0.516. The Hall–Kier alpha value is -1.84. The molecule has 1 amide bonds. The van der Waals surface area contributed by atoms with Crippen molar-refractivity contribution < 1.29 is 14.3 Å².